The Morgan fingerprint density at radius 1 is 1.28 bits per heavy atom. The highest BCUT2D eigenvalue weighted by Crippen LogP contribution is 2.34. The van der Waals surface area contributed by atoms with E-state index in [9.17, 15) is 9.59 Å². The second-order valence-electron chi connectivity index (χ2n) is 7.20. The third-order valence-corrected chi connectivity index (χ3v) is 5.25. The average Bonchev–Trinajstić information content (AvgIpc) is 3.09. The van der Waals surface area contributed by atoms with Crippen molar-refractivity contribution in [2.75, 3.05) is 12.4 Å². The number of carbonyl (C=O) groups is 2. The average molecular weight is 411 g/mol. The summed E-state index contributed by atoms with van der Waals surface area (Å²) in [4.78, 5) is 30.7. The predicted molar refractivity (Wildman–Crippen MR) is 112 cm³/mol. The van der Waals surface area contributed by atoms with Gasteiger partial charge in [0.25, 0.3) is 5.91 Å². The number of hydrogen-bond donors (Lipinski definition) is 2. The molecule has 1 aromatic heterocycles. The lowest BCUT2D eigenvalue weighted by atomic mass is 9.87. The molecular weight excluding hydrogens is 392 g/mol. The number of nitrogens with one attached hydrogen (secondary N) is 1. The van der Waals surface area contributed by atoms with Crippen molar-refractivity contribution in [1.82, 2.24) is 4.90 Å². The minimum atomic E-state index is -0.801. The highest BCUT2D eigenvalue weighted by Gasteiger charge is 2.36. The number of fused-ring (bicyclic) bond motifs is 1. The molecule has 1 atom stereocenters. The first-order valence-corrected chi connectivity index (χ1v) is 9.36. The largest absolute Gasteiger partial charge is 0.451 e. The maximum absolute atomic E-state index is 12.6. The minimum Gasteiger partial charge on any atom is -0.451 e. The third kappa shape index (κ3) is 3.56. The number of aliphatic imine (C=N–C) groups is 1. The molecule has 4 rings (SSSR count). The topological polar surface area (TPSA) is 101 Å². The third-order valence-electron chi connectivity index (χ3n) is 5.02. The van der Waals surface area contributed by atoms with Crippen LogP contribution in [0.2, 0.25) is 5.02 Å². The van der Waals surface area contributed by atoms with E-state index < -0.39 is 5.54 Å². The molecule has 2 aromatic carbocycles. The number of anilines is 1. The van der Waals surface area contributed by atoms with Crippen molar-refractivity contribution in [2.45, 2.75) is 18.9 Å². The van der Waals surface area contributed by atoms with Crippen molar-refractivity contribution in [3.63, 3.8) is 0 Å². The molecule has 0 bridgehead atoms. The number of nitrogens with zero attached hydrogens (tertiary/aromatic N) is 2. The number of nitrogens with two attached hydrogens (primary N) is 1. The fourth-order valence-electron chi connectivity index (χ4n) is 3.33. The van der Waals surface area contributed by atoms with Crippen molar-refractivity contribution in [3.05, 3.63) is 64.9 Å². The maximum atomic E-state index is 12.6. The summed E-state index contributed by atoms with van der Waals surface area (Å²) in [7, 11) is 1.60. The van der Waals surface area contributed by atoms with Crippen LogP contribution in [0.1, 0.15) is 29.5 Å². The molecule has 2 heterocycles. The number of halogens is 1. The van der Waals surface area contributed by atoms with Gasteiger partial charge in [-0.15, -0.1) is 0 Å². The van der Waals surface area contributed by atoms with Crippen LogP contribution in [0.4, 0.5) is 5.69 Å². The maximum Gasteiger partial charge on any atom is 0.291 e. The van der Waals surface area contributed by atoms with Gasteiger partial charge >= 0.3 is 0 Å². The summed E-state index contributed by atoms with van der Waals surface area (Å²) >= 11 is 5.98. The number of furan rings is 1. The van der Waals surface area contributed by atoms with Crippen LogP contribution in [-0.2, 0) is 10.3 Å². The van der Waals surface area contributed by atoms with Crippen molar-refractivity contribution in [2.24, 2.45) is 10.7 Å². The SMILES string of the molecule is CN1C(=O)CC(C)(c2cccc(NC(=O)c3cc4cc(Cl)ccc4o3)c2)N=C1N. The van der Waals surface area contributed by atoms with Crippen LogP contribution in [-0.4, -0.2) is 29.7 Å². The van der Waals surface area contributed by atoms with Gasteiger partial charge in [0.2, 0.25) is 5.91 Å². The number of guanidine groups is 1. The van der Waals surface area contributed by atoms with Crippen molar-refractivity contribution in [1.29, 1.82) is 0 Å². The number of hydrogen-bond acceptors (Lipinski definition) is 5. The van der Waals surface area contributed by atoms with Crippen molar-refractivity contribution >= 4 is 46.0 Å². The summed E-state index contributed by atoms with van der Waals surface area (Å²) in [5, 5.41) is 4.14. The molecule has 0 saturated carbocycles. The summed E-state index contributed by atoms with van der Waals surface area (Å²) < 4.78 is 5.60. The van der Waals surface area contributed by atoms with Crippen molar-refractivity contribution < 1.29 is 14.0 Å². The highest BCUT2D eigenvalue weighted by molar-refractivity contribution is 6.31. The van der Waals surface area contributed by atoms with E-state index in [-0.39, 0.29) is 30.0 Å². The minimum absolute atomic E-state index is 0.115. The molecule has 2 amide bonds. The Morgan fingerprint density at radius 2 is 2.07 bits per heavy atom. The quantitative estimate of drug-likeness (QED) is 0.686. The Hall–Kier alpha value is -3.32. The van der Waals surface area contributed by atoms with Crippen LogP contribution in [0, 0.1) is 0 Å². The zero-order valence-corrected chi connectivity index (χ0v) is 16.7. The number of amides is 2. The van der Waals surface area contributed by atoms with Gasteiger partial charge < -0.3 is 15.5 Å². The zero-order valence-electron chi connectivity index (χ0n) is 15.9. The predicted octanol–water partition coefficient (Wildman–Crippen LogP) is 3.73. The normalized spacial score (nSPS) is 19.3. The standard InChI is InChI=1S/C21H19ClN4O3/c1-21(11-18(27)26(2)20(23)25-21)13-4-3-5-15(10-13)24-19(28)17-9-12-8-14(22)6-7-16(12)29-17/h3-10H,11H2,1-2H3,(H2,23,25)(H,24,28). The summed E-state index contributed by atoms with van der Waals surface area (Å²) in [6, 6.07) is 14.0. The van der Waals surface area contributed by atoms with E-state index in [1.54, 1.807) is 49.5 Å². The fourth-order valence-corrected chi connectivity index (χ4v) is 3.51. The molecule has 0 saturated heterocycles. The molecule has 1 unspecified atom stereocenters. The van der Waals surface area contributed by atoms with Crippen LogP contribution in [0.5, 0.6) is 0 Å². The van der Waals surface area contributed by atoms with E-state index in [0.717, 1.165) is 10.9 Å². The van der Waals surface area contributed by atoms with E-state index in [1.165, 1.54) is 4.90 Å². The smallest absolute Gasteiger partial charge is 0.291 e. The van der Waals surface area contributed by atoms with Gasteiger partial charge in [0.1, 0.15) is 5.58 Å². The lowest BCUT2D eigenvalue weighted by molar-refractivity contribution is -0.128. The number of rotatable bonds is 3. The highest BCUT2D eigenvalue weighted by atomic mass is 35.5. The molecule has 148 valence electrons. The lowest BCUT2D eigenvalue weighted by Gasteiger charge is -2.33. The van der Waals surface area contributed by atoms with Crippen LogP contribution >= 0.6 is 11.6 Å². The first-order valence-electron chi connectivity index (χ1n) is 8.98. The summed E-state index contributed by atoms with van der Waals surface area (Å²) in [6.07, 6.45) is 0.186. The Bertz CT molecular complexity index is 1170. The first kappa shape index (κ1) is 19.0. The molecular formula is C21H19ClN4O3. The van der Waals surface area contributed by atoms with E-state index in [0.29, 0.717) is 16.3 Å². The van der Waals surface area contributed by atoms with Crippen LogP contribution < -0.4 is 11.1 Å². The first-order chi connectivity index (χ1) is 13.7. The molecule has 7 nitrogen and oxygen atoms in total. The summed E-state index contributed by atoms with van der Waals surface area (Å²) in [6.45, 7) is 1.84. The molecule has 0 fully saturated rings. The van der Waals surface area contributed by atoms with Gasteiger partial charge in [-0.05, 0) is 48.9 Å². The van der Waals surface area contributed by atoms with Gasteiger partial charge in [0, 0.05) is 23.1 Å². The lowest BCUT2D eigenvalue weighted by Crippen LogP contribution is -2.47. The van der Waals surface area contributed by atoms with E-state index >= 15 is 0 Å². The van der Waals surface area contributed by atoms with Gasteiger partial charge in [-0.1, -0.05) is 23.7 Å². The number of carbonyl (C=O) groups excluding carboxylic acids is 2. The molecule has 0 radical (unpaired) electrons. The van der Waals surface area contributed by atoms with E-state index in [4.69, 9.17) is 21.8 Å². The van der Waals surface area contributed by atoms with Gasteiger partial charge in [-0.25, -0.2) is 4.99 Å². The van der Waals surface area contributed by atoms with Gasteiger partial charge in [0.05, 0.1) is 12.0 Å². The Labute approximate surface area is 172 Å². The molecule has 1 aliphatic rings. The van der Waals surface area contributed by atoms with Gasteiger partial charge in [-0.2, -0.15) is 0 Å². The van der Waals surface area contributed by atoms with Crippen LogP contribution in [0.25, 0.3) is 11.0 Å². The molecule has 0 spiro atoms. The Kier molecular flexibility index (Phi) is 4.55. The second-order valence-corrected chi connectivity index (χ2v) is 7.64. The molecule has 0 aliphatic carbocycles. The Morgan fingerprint density at radius 3 is 2.83 bits per heavy atom. The fraction of sp³-hybridized carbons (Fsp3) is 0.190. The van der Waals surface area contributed by atoms with Gasteiger partial charge in [0.15, 0.2) is 11.7 Å². The summed E-state index contributed by atoms with van der Waals surface area (Å²) in [5.74, 6) is -0.160. The van der Waals surface area contributed by atoms with Gasteiger partial charge in [-0.3, -0.25) is 14.5 Å². The molecule has 3 N–H and O–H groups in total. The van der Waals surface area contributed by atoms with E-state index in [2.05, 4.69) is 10.3 Å². The zero-order chi connectivity index (χ0) is 20.8. The molecule has 3 aromatic rings. The molecule has 1 aliphatic heterocycles. The second kappa shape index (κ2) is 6.93. The monoisotopic (exact) mass is 410 g/mol. The van der Waals surface area contributed by atoms with Crippen LogP contribution in [0.3, 0.4) is 0 Å². The van der Waals surface area contributed by atoms with Crippen LogP contribution in [0.15, 0.2) is 57.9 Å². The van der Waals surface area contributed by atoms with E-state index in [1.807, 2.05) is 13.0 Å². The molecule has 29 heavy (non-hydrogen) atoms. The number of benzene rings is 2. The Balaban J connectivity index is 1.60. The van der Waals surface area contributed by atoms with Crippen molar-refractivity contribution in [3.8, 4) is 0 Å². The molecule has 8 heteroatoms. The summed E-state index contributed by atoms with van der Waals surface area (Å²) in [5.41, 5.74) is 7.00.